The predicted octanol–water partition coefficient (Wildman–Crippen LogP) is 3.43. The number of para-hydroxylation sites is 1. The molecule has 3 heteroatoms. The van der Waals surface area contributed by atoms with Crippen LogP contribution in [0.5, 0.6) is 0 Å². The fourth-order valence-electron chi connectivity index (χ4n) is 3.71. The van der Waals surface area contributed by atoms with Gasteiger partial charge in [-0.3, -0.25) is 4.90 Å². The highest BCUT2D eigenvalue weighted by Crippen LogP contribution is 2.27. The number of hydrogen-bond donors (Lipinski definition) is 2. The van der Waals surface area contributed by atoms with Crippen LogP contribution >= 0.6 is 0 Å². The summed E-state index contributed by atoms with van der Waals surface area (Å²) in [5, 5.41) is 1.39. The summed E-state index contributed by atoms with van der Waals surface area (Å²) < 4.78 is 0. The number of aromatic nitrogens is 1. The Balaban J connectivity index is 1.83. The lowest BCUT2D eigenvalue weighted by Gasteiger charge is -2.35. The van der Waals surface area contributed by atoms with Gasteiger partial charge in [-0.2, -0.15) is 0 Å². The van der Waals surface area contributed by atoms with Gasteiger partial charge < -0.3 is 10.7 Å². The Morgan fingerprint density at radius 2 is 2.19 bits per heavy atom. The molecule has 1 aliphatic rings. The number of hydrogen-bond acceptors (Lipinski definition) is 2. The number of H-pyrrole nitrogens is 1. The Kier molecular flexibility index (Phi) is 4.61. The van der Waals surface area contributed by atoms with E-state index in [1.807, 2.05) is 0 Å². The van der Waals surface area contributed by atoms with E-state index in [9.17, 15) is 0 Å². The highest BCUT2D eigenvalue weighted by Gasteiger charge is 2.22. The minimum Gasteiger partial charge on any atom is -0.361 e. The standard InChI is InChI=1S/C18H27N3/c1-2-14-6-5-8-17-15(12-20-18(14)17)13-21-11-4-3-7-16(21)9-10-19/h5-6,8,12,16,20H,2-4,7,9-11,13,19H2,1H3. The largest absolute Gasteiger partial charge is 0.361 e. The van der Waals surface area contributed by atoms with E-state index in [0.29, 0.717) is 6.04 Å². The Labute approximate surface area is 127 Å². The number of nitrogens with two attached hydrogens (primary N) is 1. The van der Waals surface area contributed by atoms with Crippen molar-refractivity contribution in [1.29, 1.82) is 0 Å². The molecule has 3 N–H and O–H groups in total. The fraction of sp³-hybridized carbons (Fsp3) is 0.556. The zero-order valence-electron chi connectivity index (χ0n) is 13.1. The van der Waals surface area contributed by atoms with Crippen molar-refractivity contribution in [2.75, 3.05) is 13.1 Å². The van der Waals surface area contributed by atoms with Crippen LogP contribution in [0.4, 0.5) is 0 Å². The normalized spacial score (nSPS) is 20.2. The Bertz CT molecular complexity index is 585. The van der Waals surface area contributed by atoms with E-state index >= 15 is 0 Å². The quantitative estimate of drug-likeness (QED) is 0.884. The zero-order chi connectivity index (χ0) is 14.7. The summed E-state index contributed by atoms with van der Waals surface area (Å²) >= 11 is 0. The van der Waals surface area contributed by atoms with Gasteiger partial charge in [0.15, 0.2) is 0 Å². The van der Waals surface area contributed by atoms with Crippen LogP contribution in [0.3, 0.4) is 0 Å². The zero-order valence-corrected chi connectivity index (χ0v) is 13.1. The lowest BCUT2D eigenvalue weighted by molar-refractivity contribution is 0.134. The molecule has 3 rings (SSSR count). The first-order chi connectivity index (χ1) is 10.3. The molecule has 0 bridgehead atoms. The third-order valence-electron chi connectivity index (χ3n) is 4.89. The van der Waals surface area contributed by atoms with Crippen LogP contribution in [-0.4, -0.2) is 29.0 Å². The van der Waals surface area contributed by atoms with E-state index < -0.39 is 0 Å². The number of nitrogens with one attached hydrogen (secondary N) is 1. The van der Waals surface area contributed by atoms with Gasteiger partial charge in [-0.25, -0.2) is 0 Å². The number of likely N-dealkylation sites (tertiary alicyclic amines) is 1. The molecule has 114 valence electrons. The molecule has 0 radical (unpaired) electrons. The van der Waals surface area contributed by atoms with Crippen molar-refractivity contribution in [3.05, 3.63) is 35.5 Å². The van der Waals surface area contributed by atoms with E-state index in [1.165, 1.54) is 47.8 Å². The molecule has 0 saturated carbocycles. The van der Waals surface area contributed by atoms with Gasteiger partial charge in [0.1, 0.15) is 0 Å². The molecule has 21 heavy (non-hydrogen) atoms. The molecule has 1 aromatic heterocycles. The second-order valence-corrected chi connectivity index (χ2v) is 6.20. The van der Waals surface area contributed by atoms with Crippen molar-refractivity contribution in [2.45, 2.75) is 51.6 Å². The van der Waals surface area contributed by atoms with Gasteiger partial charge in [-0.05, 0) is 49.9 Å². The maximum atomic E-state index is 5.79. The fourth-order valence-corrected chi connectivity index (χ4v) is 3.71. The highest BCUT2D eigenvalue weighted by atomic mass is 15.2. The molecular formula is C18H27N3. The van der Waals surface area contributed by atoms with Crippen LogP contribution in [0.25, 0.3) is 10.9 Å². The molecule has 1 saturated heterocycles. The number of fused-ring (bicyclic) bond motifs is 1. The van der Waals surface area contributed by atoms with Gasteiger partial charge >= 0.3 is 0 Å². The Morgan fingerprint density at radius 1 is 1.29 bits per heavy atom. The Hall–Kier alpha value is -1.32. The molecule has 0 spiro atoms. The number of aromatic amines is 1. The first kappa shape index (κ1) is 14.6. The topological polar surface area (TPSA) is 45.0 Å². The van der Waals surface area contributed by atoms with Crippen molar-refractivity contribution >= 4 is 10.9 Å². The van der Waals surface area contributed by atoms with E-state index in [-0.39, 0.29) is 0 Å². The van der Waals surface area contributed by atoms with Gasteiger partial charge in [0.05, 0.1) is 0 Å². The molecule has 1 aliphatic heterocycles. The lowest BCUT2D eigenvalue weighted by Crippen LogP contribution is -2.40. The highest BCUT2D eigenvalue weighted by molar-refractivity contribution is 5.86. The van der Waals surface area contributed by atoms with Crippen molar-refractivity contribution in [2.24, 2.45) is 5.73 Å². The number of aryl methyl sites for hydroxylation is 1. The van der Waals surface area contributed by atoms with Crippen LogP contribution in [0, 0.1) is 0 Å². The molecule has 0 amide bonds. The van der Waals surface area contributed by atoms with E-state index in [0.717, 1.165) is 25.9 Å². The number of benzene rings is 1. The second-order valence-electron chi connectivity index (χ2n) is 6.20. The summed E-state index contributed by atoms with van der Waals surface area (Å²) in [6.45, 7) is 5.29. The maximum Gasteiger partial charge on any atom is 0.0489 e. The van der Waals surface area contributed by atoms with E-state index in [4.69, 9.17) is 5.73 Å². The van der Waals surface area contributed by atoms with Gasteiger partial charge in [0, 0.05) is 29.7 Å². The summed E-state index contributed by atoms with van der Waals surface area (Å²) in [6.07, 6.45) is 8.40. The third-order valence-corrected chi connectivity index (χ3v) is 4.89. The molecular weight excluding hydrogens is 258 g/mol. The SMILES string of the molecule is CCc1cccc2c(CN3CCCCC3CCN)c[nH]c12. The van der Waals surface area contributed by atoms with Gasteiger partial charge in [-0.15, -0.1) is 0 Å². The minimum atomic E-state index is 0.669. The third kappa shape index (κ3) is 2.99. The number of rotatable bonds is 5. The van der Waals surface area contributed by atoms with Gasteiger partial charge in [-0.1, -0.05) is 31.5 Å². The summed E-state index contributed by atoms with van der Waals surface area (Å²) in [4.78, 5) is 6.13. The van der Waals surface area contributed by atoms with Gasteiger partial charge in [0.25, 0.3) is 0 Å². The molecule has 2 heterocycles. The number of piperidine rings is 1. The average Bonchev–Trinajstić information content (AvgIpc) is 2.93. The van der Waals surface area contributed by atoms with Crippen LogP contribution in [0.15, 0.2) is 24.4 Å². The Morgan fingerprint density at radius 3 is 3.00 bits per heavy atom. The van der Waals surface area contributed by atoms with Crippen molar-refractivity contribution < 1.29 is 0 Å². The molecule has 1 fully saturated rings. The first-order valence-corrected chi connectivity index (χ1v) is 8.35. The summed E-state index contributed by atoms with van der Waals surface area (Å²) in [7, 11) is 0. The second kappa shape index (κ2) is 6.63. The molecule has 1 aromatic carbocycles. The van der Waals surface area contributed by atoms with Crippen molar-refractivity contribution in [1.82, 2.24) is 9.88 Å². The molecule has 1 unspecified atom stereocenters. The molecule has 2 aromatic rings. The van der Waals surface area contributed by atoms with Crippen molar-refractivity contribution in [3.63, 3.8) is 0 Å². The average molecular weight is 285 g/mol. The van der Waals surface area contributed by atoms with E-state index in [2.05, 4.69) is 41.2 Å². The molecule has 1 atom stereocenters. The first-order valence-electron chi connectivity index (χ1n) is 8.35. The van der Waals surface area contributed by atoms with Crippen LogP contribution in [-0.2, 0) is 13.0 Å². The minimum absolute atomic E-state index is 0.669. The number of nitrogens with zero attached hydrogens (tertiary/aromatic N) is 1. The van der Waals surface area contributed by atoms with Gasteiger partial charge in [0.2, 0.25) is 0 Å². The van der Waals surface area contributed by atoms with Crippen molar-refractivity contribution in [3.8, 4) is 0 Å². The van der Waals surface area contributed by atoms with Crippen LogP contribution in [0.1, 0.15) is 43.7 Å². The smallest absolute Gasteiger partial charge is 0.0489 e. The molecule has 0 aliphatic carbocycles. The van der Waals surface area contributed by atoms with Crippen LogP contribution in [0.2, 0.25) is 0 Å². The summed E-state index contributed by atoms with van der Waals surface area (Å²) in [5.74, 6) is 0. The molecule has 3 nitrogen and oxygen atoms in total. The summed E-state index contributed by atoms with van der Waals surface area (Å²) in [5.41, 5.74) is 9.96. The van der Waals surface area contributed by atoms with E-state index in [1.54, 1.807) is 0 Å². The summed E-state index contributed by atoms with van der Waals surface area (Å²) in [6, 6.07) is 7.33. The predicted molar refractivity (Wildman–Crippen MR) is 89.4 cm³/mol. The maximum absolute atomic E-state index is 5.79. The monoisotopic (exact) mass is 285 g/mol. The lowest BCUT2D eigenvalue weighted by atomic mass is 9.98. The van der Waals surface area contributed by atoms with Crippen LogP contribution < -0.4 is 5.73 Å².